The van der Waals surface area contributed by atoms with Crippen molar-refractivity contribution in [3.05, 3.63) is 35.9 Å². The number of aromatic carboxylic acids is 1. The number of pyridine rings is 1. The van der Waals surface area contributed by atoms with Crippen LogP contribution in [0.15, 0.2) is 24.5 Å². The molecule has 0 unspecified atom stereocenters. The second-order valence-electron chi connectivity index (χ2n) is 2.92. The summed E-state index contributed by atoms with van der Waals surface area (Å²) >= 11 is 0. The molecule has 5 heteroatoms. The minimum absolute atomic E-state index is 0.0172. The third-order valence-electron chi connectivity index (χ3n) is 2.02. The lowest BCUT2D eigenvalue weighted by atomic mass is 10.2. The van der Waals surface area contributed by atoms with Crippen LogP contribution in [0.25, 0.3) is 5.52 Å². The van der Waals surface area contributed by atoms with Gasteiger partial charge in [0.2, 0.25) is 5.82 Å². The van der Waals surface area contributed by atoms with E-state index in [2.05, 4.69) is 4.98 Å². The highest BCUT2D eigenvalue weighted by Crippen LogP contribution is 2.09. The van der Waals surface area contributed by atoms with Crippen molar-refractivity contribution in [2.75, 3.05) is 0 Å². The maximum Gasteiger partial charge on any atom is 0.372 e. The van der Waals surface area contributed by atoms with Gasteiger partial charge in [0.05, 0.1) is 11.7 Å². The number of rotatable bonds is 2. The Hall–Kier alpha value is -1.88. The summed E-state index contributed by atoms with van der Waals surface area (Å²) in [4.78, 5) is 14.5. The third kappa shape index (κ3) is 1.23. The lowest BCUT2D eigenvalue weighted by Crippen LogP contribution is -2.04. The van der Waals surface area contributed by atoms with E-state index >= 15 is 0 Å². The first-order chi connectivity index (χ1) is 6.72. The zero-order chi connectivity index (χ0) is 10.1. The maximum atomic E-state index is 10.7. The quantitative estimate of drug-likeness (QED) is 0.723. The number of hydrogen-bond acceptors (Lipinski definition) is 3. The number of nitrogens with two attached hydrogens (primary N) is 1. The van der Waals surface area contributed by atoms with Crippen molar-refractivity contribution in [2.45, 2.75) is 6.54 Å². The van der Waals surface area contributed by atoms with Gasteiger partial charge in [-0.3, -0.25) is 4.40 Å². The van der Waals surface area contributed by atoms with Gasteiger partial charge in [-0.25, -0.2) is 9.78 Å². The summed E-state index contributed by atoms with van der Waals surface area (Å²) in [5.74, 6) is -1.02. The average molecular weight is 191 g/mol. The first-order valence-electron chi connectivity index (χ1n) is 4.11. The zero-order valence-corrected chi connectivity index (χ0v) is 7.34. The van der Waals surface area contributed by atoms with Crippen LogP contribution >= 0.6 is 0 Å². The Kier molecular flexibility index (Phi) is 1.94. The Morgan fingerprint density at radius 2 is 2.43 bits per heavy atom. The number of aromatic nitrogens is 2. The maximum absolute atomic E-state index is 10.7. The Labute approximate surface area is 79.8 Å². The van der Waals surface area contributed by atoms with E-state index in [0.717, 1.165) is 11.1 Å². The molecule has 0 amide bonds. The highest BCUT2D eigenvalue weighted by molar-refractivity contribution is 5.84. The summed E-state index contributed by atoms with van der Waals surface area (Å²) in [5.41, 5.74) is 7.16. The minimum atomic E-state index is -1.04. The van der Waals surface area contributed by atoms with Gasteiger partial charge in [0.1, 0.15) is 0 Å². The predicted molar refractivity (Wildman–Crippen MR) is 50.0 cm³/mol. The molecule has 0 saturated heterocycles. The van der Waals surface area contributed by atoms with Gasteiger partial charge in [-0.05, 0) is 17.7 Å². The van der Waals surface area contributed by atoms with Crippen LogP contribution in [-0.4, -0.2) is 20.5 Å². The van der Waals surface area contributed by atoms with Gasteiger partial charge in [-0.15, -0.1) is 0 Å². The second kappa shape index (κ2) is 3.12. The summed E-state index contributed by atoms with van der Waals surface area (Å²) < 4.78 is 1.52. The van der Waals surface area contributed by atoms with E-state index in [0.29, 0.717) is 6.54 Å². The van der Waals surface area contributed by atoms with Crippen molar-refractivity contribution in [2.24, 2.45) is 5.73 Å². The van der Waals surface area contributed by atoms with Gasteiger partial charge in [-0.1, -0.05) is 0 Å². The van der Waals surface area contributed by atoms with Crippen LogP contribution in [0.3, 0.4) is 0 Å². The Morgan fingerprint density at radius 1 is 1.64 bits per heavy atom. The predicted octanol–water partition coefficient (Wildman–Crippen LogP) is 0.491. The van der Waals surface area contributed by atoms with E-state index in [1.54, 1.807) is 12.3 Å². The molecular formula is C9H9N3O2. The zero-order valence-electron chi connectivity index (χ0n) is 7.34. The number of carbonyl (C=O) groups is 1. The number of hydrogen-bond donors (Lipinski definition) is 2. The number of carboxylic acid groups (broad SMARTS) is 1. The van der Waals surface area contributed by atoms with Crippen LogP contribution in [-0.2, 0) is 6.54 Å². The molecule has 0 aliphatic rings. The molecule has 2 rings (SSSR count). The van der Waals surface area contributed by atoms with E-state index in [4.69, 9.17) is 10.8 Å². The molecule has 0 aliphatic carbocycles. The first-order valence-corrected chi connectivity index (χ1v) is 4.11. The molecule has 0 aliphatic heterocycles. The van der Waals surface area contributed by atoms with E-state index in [1.165, 1.54) is 10.6 Å². The van der Waals surface area contributed by atoms with Gasteiger partial charge >= 0.3 is 5.97 Å². The first kappa shape index (κ1) is 8.71. The number of imidazole rings is 1. The lowest BCUT2D eigenvalue weighted by molar-refractivity contribution is 0.0683. The Balaban J connectivity index is 2.65. The molecule has 0 radical (unpaired) electrons. The smallest absolute Gasteiger partial charge is 0.372 e. The van der Waals surface area contributed by atoms with Crippen molar-refractivity contribution in [1.29, 1.82) is 0 Å². The molecular weight excluding hydrogens is 182 g/mol. The number of nitrogens with zero attached hydrogens (tertiary/aromatic N) is 2. The van der Waals surface area contributed by atoms with Gasteiger partial charge in [0.15, 0.2) is 0 Å². The van der Waals surface area contributed by atoms with E-state index in [9.17, 15) is 4.79 Å². The fraction of sp³-hybridized carbons (Fsp3) is 0.111. The minimum Gasteiger partial charge on any atom is -0.475 e. The number of carboxylic acids is 1. The summed E-state index contributed by atoms with van der Waals surface area (Å²) in [6, 6.07) is 3.60. The molecule has 5 nitrogen and oxygen atoms in total. The standard InChI is InChI=1S/C9H9N3O2/c10-4-6-1-2-12-7(3-6)5-11-8(12)9(13)14/h1-3,5H,4,10H2,(H,13,14). The molecule has 2 heterocycles. The monoisotopic (exact) mass is 191 g/mol. The van der Waals surface area contributed by atoms with Gasteiger partial charge in [-0.2, -0.15) is 0 Å². The molecule has 2 aromatic heterocycles. The fourth-order valence-corrected chi connectivity index (χ4v) is 1.33. The van der Waals surface area contributed by atoms with Crippen LogP contribution in [0.2, 0.25) is 0 Å². The van der Waals surface area contributed by atoms with E-state index < -0.39 is 5.97 Å². The van der Waals surface area contributed by atoms with Gasteiger partial charge < -0.3 is 10.8 Å². The van der Waals surface area contributed by atoms with E-state index in [-0.39, 0.29) is 5.82 Å². The van der Waals surface area contributed by atoms with Gasteiger partial charge in [0.25, 0.3) is 0 Å². The normalized spacial score (nSPS) is 10.6. The lowest BCUT2D eigenvalue weighted by Gasteiger charge is -1.99. The fourth-order valence-electron chi connectivity index (χ4n) is 1.33. The highest BCUT2D eigenvalue weighted by Gasteiger charge is 2.10. The Bertz CT molecular complexity index is 490. The largest absolute Gasteiger partial charge is 0.475 e. The second-order valence-corrected chi connectivity index (χ2v) is 2.92. The molecule has 0 saturated carbocycles. The molecule has 3 N–H and O–H groups in total. The van der Waals surface area contributed by atoms with Crippen molar-refractivity contribution >= 4 is 11.5 Å². The molecule has 0 aromatic carbocycles. The van der Waals surface area contributed by atoms with Crippen LogP contribution in [0.5, 0.6) is 0 Å². The van der Waals surface area contributed by atoms with Crippen LogP contribution in [0.4, 0.5) is 0 Å². The summed E-state index contributed by atoms with van der Waals surface area (Å²) in [6.45, 7) is 0.435. The van der Waals surface area contributed by atoms with Gasteiger partial charge in [0, 0.05) is 12.7 Å². The van der Waals surface area contributed by atoms with Crippen molar-refractivity contribution in [1.82, 2.24) is 9.38 Å². The van der Waals surface area contributed by atoms with Crippen LogP contribution < -0.4 is 5.73 Å². The third-order valence-corrected chi connectivity index (χ3v) is 2.02. The molecule has 0 fully saturated rings. The molecule has 0 bridgehead atoms. The Morgan fingerprint density at radius 3 is 3.07 bits per heavy atom. The van der Waals surface area contributed by atoms with Crippen LogP contribution in [0, 0.1) is 0 Å². The molecule has 0 atom stereocenters. The summed E-state index contributed by atoms with van der Waals surface area (Å²) in [7, 11) is 0. The van der Waals surface area contributed by atoms with Crippen molar-refractivity contribution in [3.8, 4) is 0 Å². The summed E-state index contributed by atoms with van der Waals surface area (Å²) in [5, 5.41) is 8.79. The molecule has 14 heavy (non-hydrogen) atoms. The highest BCUT2D eigenvalue weighted by atomic mass is 16.4. The SMILES string of the molecule is NCc1ccn2c(C(=O)O)ncc2c1. The van der Waals surface area contributed by atoms with Crippen LogP contribution in [0.1, 0.15) is 16.2 Å². The molecule has 72 valence electrons. The molecule has 0 spiro atoms. The van der Waals surface area contributed by atoms with E-state index in [1.807, 2.05) is 6.07 Å². The topological polar surface area (TPSA) is 80.6 Å². The van der Waals surface area contributed by atoms with Crippen molar-refractivity contribution in [3.63, 3.8) is 0 Å². The average Bonchev–Trinajstić information content (AvgIpc) is 2.59. The van der Waals surface area contributed by atoms with Crippen molar-refractivity contribution < 1.29 is 9.90 Å². The molecule has 2 aromatic rings. The summed E-state index contributed by atoms with van der Waals surface area (Å²) in [6.07, 6.45) is 3.18. The number of fused-ring (bicyclic) bond motifs is 1.